The molecule has 0 spiro atoms. The molecule has 0 saturated carbocycles. The second-order valence-corrected chi connectivity index (χ2v) is 8.67. The fourth-order valence-electron chi connectivity index (χ4n) is 4.23. The molecule has 1 aliphatic heterocycles. The number of imidazole rings is 1. The largest absolute Gasteiger partial charge is 0.384 e. The van der Waals surface area contributed by atoms with Gasteiger partial charge in [-0.25, -0.2) is 15.0 Å². The summed E-state index contributed by atoms with van der Waals surface area (Å²) in [6.07, 6.45) is 5.42. The summed E-state index contributed by atoms with van der Waals surface area (Å²) in [5.74, 6) is 2.41. The van der Waals surface area contributed by atoms with Crippen LogP contribution in [0.3, 0.4) is 0 Å². The first kappa shape index (κ1) is 20.3. The molecule has 4 heterocycles. The number of anilines is 3. The van der Waals surface area contributed by atoms with Crippen LogP contribution in [-0.2, 0) is 25.2 Å². The highest BCUT2D eigenvalue weighted by molar-refractivity contribution is 5.99. The molecule has 4 aromatic rings. The van der Waals surface area contributed by atoms with Crippen molar-refractivity contribution in [3.8, 4) is 0 Å². The van der Waals surface area contributed by atoms with Gasteiger partial charge in [-0.3, -0.25) is 0 Å². The second kappa shape index (κ2) is 7.80. The number of nitrogens with zero attached hydrogens (tertiary/aromatic N) is 5. The highest BCUT2D eigenvalue weighted by Crippen LogP contribution is 2.27. The molecular weight excluding hydrogens is 402 g/mol. The summed E-state index contributed by atoms with van der Waals surface area (Å²) in [7, 11) is 0. The third-order valence-corrected chi connectivity index (χ3v) is 5.94. The SMILES string of the molecule is CC(C)(O)c1cnc2n1CCN(c1ccc(CNc3cccc4c(N)nccc34)cn1)C2. The number of fused-ring (bicyclic) bond motifs is 2. The van der Waals surface area contributed by atoms with Crippen LogP contribution in [0, 0.1) is 0 Å². The Kier molecular flexibility index (Phi) is 4.94. The minimum Gasteiger partial charge on any atom is -0.384 e. The fourth-order valence-corrected chi connectivity index (χ4v) is 4.23. The molecule has 0 aliphatic carbocycles. The van der Waals surface area contributed by atoms with Crippen LogP contribution in [0.4, 0.5) is 17.3 Å². The smallest absolute Gasteiger partial charge is 0.131 e. The van der Waals surface area contributed by atoms with Crippen molar-refractivity contribution < 1.29 is 5.11 Å². The van der Waals surface area contributed by atoms with E-state index in [4.69, 9.17) is 5.73 Å². The minimum atomic E-state index is -0.896. The standard InChI is InChI=1S/C24H27N7O/c1-24(2,32)20-14-29-22-15-30(10-11-31(20)22)21-7-6-16(13-28-21)12-27-19-5-3-4-18-17(19)8-9-26-23(18)25/h3-9,13-14,27,32H,10-12,15H2,1-2H3,(H2,25,26). The van der Waals surface area contributed by atoms with Crippen molar-refractivity contribution in [2.45, 2.75) is 39.1 Å². The van der Waals surface area contributed by atoms with Crippen LogP contribution >= 0.6 is 0 Å². The fraction of sp³-hybridized carbons (Fsp3) is 0.292. The lowest BCUT2D eigenvalue weighted by molar-refractivity contribution is 0.0691. The molecule has 0 radical (unpaired) electrons. The van der Waals surface area contributed by atoms with Gasteiger partial charge < -0.3 is 25.6 Å². The van der Waals surface area contributed by atoms with E-state index in [2.05, 4.69) is 41.9 Å². The van der Waals surface area contributed by atoms with E-state index < -0.39 is 5.60 Å². The van der Waals surface area contributed by atoms with Crippen molar-refractivity contribution >= 4 is 28.1 Å². The predicted octanol–water partition coefficient (Wildman–Crippen LogP) is 3.27. The number of aliphatic hydroxyl groups is 1. The molecule has 0 fully saturated rings. The Morgan fingerprint density at radius 3 is 2.69 bits per heavy atom. The average Bonchev–Trinajstić information content (AvgIpc) is 3.22. The number of nitrogen functional groups attached to an aromatic ring is 1. The third kappa shape index (κ3) is 3.73. The maximum atomic E-state index is 10.4. The maximum absolute atomic E-state index is 10.4. The molecular formula is C24H27N7O. The van der Waals surface area contributed by atoms with Gasteiger partial charge in [-0.05, 0) is 37.6 Å². The topological polar surface area (TPSA) is 105 Å². The zero-order valence-electron chi connectivity index (χ0n) is 18.3. The molecule has 3 aromatic heterocycles. The Morgan fingerprint density at radius 1 is 1.03 bits per heavy atom. The Hall–Kier alpha value is -3.65. The predicted molar refractivity (Wildman–Crippen MR) is 126 cm³/mol. The van der Waals surface area contributed by atoms with Crippen LogP contribution in [0.5, 0.6) is 0 Å². The average molecular weight is 430 g/mol. The highest BCUT2D eigenvalue weighted by Gasteiger charge is 2.27. The van der Waals surface area contributed by atoms with Crippen molar-refractivity contribution in [2.75, 3.05) is 22.5 Å². The molecule has 8 nitrogen and oxygen atoms in total. The van der Waals surface area contributed by atoms with Gasteiger partial charge in [-0.2, -0.15) is 0 Å². The number of hydrogen-bond acceptors (Lipinski definition) is 7. The van der Waals surface area contributed by atoms with E-state index in [-0.39, 0.29) is 0 Å². The third-order valence-electron chi connectivity index (χ3n) is 5.94. The van der Waals surface area contributed by atoms with Gasteiger partial charge in [0.25, 0.3) is 0 Å². The number of rotatable bonds is 5. The van der Waals surface area contributed by atoms with Crippen molar-refractivity contribution in [1.29, 1.82) is 0 Å². The van der Waals surface area contributed by atoms with E-state index in [0.29, 0.717) is 18.9 Å². The first-order chi connectivity index (χ1) is 15.4. The van der Waals surface area contributed by atoms with Gasteiger partial charge >= 0.3 is 0 Å². The summed E-state index contributed by atoms with van der Waals surface area (Å²) < 4.78 is 2.11. The zero-order chi connectivity index (χ0) is 22.3. The number of benzene rings is 1. The van der Waals surface area contributed by atoms with Gasteiger partial charge in [0.2, 0.25) is 0 Å². The maximum Gasteiger partial charge on any atom is 0.131 e. The Balaban J connectivity index is 1.28. The molecule has 32 heavy (non-hydrogen) atoms. The molecule has 4 N–H and O–H groups in total. The van der Waals surface area contributed by atoms with Crippen LogP contribution in [-0.4, -0.2) is 31.2 Å². The molecule has 0 bridgehead atoms. The highest BCUT2D eigenvalue weighted by atomic mass is 16.3. The summed E-state index contributed by atoms with van der Waals surface area (Å²) in [6, 6.07) is 12.1. The summed E-state index contributed by atoms with van der Waals surface area (Å²) in [5.41, 5.74) is 8.07. The Morgan fingerprint density at radius 2 is 1.91 bits per heavy atom. The van der Waals surface area contributed by atoms with Crippen LogP contribution in [0.25, 0.3) is 10.8 Å². The summed E-state index contributed by atoms with van der Waals surface area (Å²) in [6.45, 7) is 6.52. The molecule has 8 heteroatoms. The van der Waals surface area contributed by atoms with Crippen molar-refractivity contribution in [1.82, 2.24) is 19.5 Å². The lowest BCUT2D eigenvalue weighted by atomic mass is 10.1. The van der Waals surface area contributed by atoms with Gasteiger partial charge in [-0.15, -0.1) is 0 Å². The van der Waals surface area contributed by atoms with Crippen molar-refractivity contribution in [3.05, 3.63) is 72.1 Å². The molecule has 1 aromatic carbocycles. The molecule has 0 amide bonds. The van der Waals surface area contributed by atoms with E-state index in [1.807, 2.05) is 30.5 Å². The minimum absolute atomic E-state index is 0.536. The quantitative estimate of drug-likeness (QED) is 0.447. The molecule has 164 valence electrons. The Bertz CT molecular complexity index is 1260. The molecule has 0 saturated heterocycles. The zero-order valence-corrected chi connectivity index (χ0v) is 18.3. The number of nitrogens with two attached hydrogens (primary N) is 1. The van der Waals surface area contributed by atoms with Gasteiger partial charge in [0.05, 0.1) is 18.4 Å². The van der Waals surface area contributed by atoms with Gasteiger partial charge in [0.15, 0.2) is 0 Å². The molecule has 0 atom stereocenters. The molecule has 0 unspecified atom stereocenters. The number of nitrogens with one attached hydrogen (secondary N) is 1. The van der Waals surface area contributed by atoms with Gasteiger partial charge in [-0.1, -0.05) is 18.2 Å². The molecule has 1 aliphatic rings. The van der Waals surface area contributed by atoms with Gasteiger partial charge in [0, 0.05) is 48.5 Å². The normalized spacial score (nSPS) is 13.9. The van der Waals surface area contributed by atoms with Crippen LogP contribution < -0.4 is 16.0 Å². The number of aromatic nitrogens is 4. The monoisotopic (exact) mass is 429 g/mol. The summed E-state index contributed by atoms with van der Waals surface area (Å²) in [4.78, 5) is 15.6. The number of hydrogen-bond donors (Lipinski definition) is 3. The Labute approximate surface area is 186 Å². The lowest BCUT2D eigenvalue weighted by Gasteiger charge is -2.31. The summed E-state index contributed by atoms with van der Waals surface area (Å²) >= 11 is 0. The van der Waals surface area contributed by atoms with E-state index in [1.54, 1.807) is 26.2 Å². The van der Waals surface area contributed by atoms with E-state index in [9.17, 15) is 5.11 Å². The van der Waals surface area contributed by atoms with Crippen LogP contribution in [0.1, 0.15) is 30.9 Å². The van der Waals surface area contributed by atoms with Gasteiger partial charge in [0.1, 0.15) is 23.1 Å². The second-order valence-electron chi connectivity index (χ2n) is 8.67. The molecule has 5 rings (SSSR count). The van der Waals surface area contributed by atoms with E-state index >= 15 is 0 Å². The van der Waals surface area contributed by atoms with Crippen molar-refractivity contribution in [3.63, 3.8) is 0 Å². The van der Waals surface area contributed by atoms with E-state index in [1.165, 1.54) is 0 Å². The first-order valence-electron chi connectivity index (χ1n) is 10.7. The summed E-state index contributed by atoms with van der Waals surface area (Å²) in [5, 5.41) is 15.8. The van der Waals surface area contributed by atoms with Crippen LogP contribution in [0.15, 0.2) is 55.0 Å². The first-order valence-corrected chi connectivity index (χ1v) is 10.7. The van der Waals surface area contributed by atoms with Crippen molar-refractivity contribution in [2.24, 2.45) is 0 Å². The number of pyridine rings is 2. The lowest BCUT2D eigenvalue weighted by Crippen LogP contribution is -2.36. The van der Waals surface area contributed by atoms with Crippen LogP contribution in [0.2, 0.25) is 0 Å². The van der Waals surface area contributed by atoms with E-state index in [0.717, 1.165) is 52.4 Å².